The molecule has 0 bridgehead atoms. The molecule has 3 aromatic rings. The molecule has 2 heterocycles. The molecule has 0 aliphatic heterocycles. The highest BCUT2D eigenvalue weighted by Gasteiger charge is 2.16. The molecule has 0 aliphatic carbocycles. The van der Waals surface area contributed by atoms with Crippen LogP contribution in [0.2, 0.25) is 0 Å². The number of nitrogens with zero attached hydrogens (tertiary/aromatic N) is 1. The number of aromatic amines is 1. The molecule has 1 amide bonds. The minimum atomic E-state index is -3.79. The Kier molecular flexibility index (Phi) is 5.13. The molecule has 142 valence electrons. The smallest absolute Gasteiger partial charge is 0.259 e. The number of fused-ring (bicyclic) bond motifs is 1. The van der Waals surface area contributed by atoms with Crippen molar-refractivity contribution >= 4 is 43.2 Å². The van der Waals surface area contributed by atoms with E-state index < -0.39 is 10.0 Å². The van der Waals surface area contributed by atoms with Crippen LogP contribution in [-0.2, 0) is 21.4 Å². The first kappa shape index (κ1) is 19.2. The average Bonchev–Trinajstić information content (AvgIpc) is 2.88. The quantitative estimate of drug-likeness (QED) is 0.599. The van der Waals surface area contributed by atoms with Crippen LogP contribution in [0.4, 0.5) is 5.69 Å². The molecule has 27 heavy (non-hydrogen) atoms. The topological polar surface area (TPSA) is 121 Å². The molecule has 0 spiro atoms. The van der Waals surface area contributed by atoms with Crippen molar-refractivity contribution in [1.82, 2.24) is 14.7 Å². The van der Waals surface area contributed by atoms with Crippen molar-refractivity contribution < 1.29 is 13.2 Å². The zero-order valence-electron chi connectivity index (χ0n) is 14.9. The lowest BCUT2D eigenvalue weighted by Crippen LogP contribution is -2.25. The second-order valence-electron chi connectivity index (χ2n) is 6.01. The fourth-order valence-electron chi connectivity index (χ4n) is 2.55. The van der Waals surface area contributed by atoms with Gasteiger partial charge in [-0.2, -0.15) is 0 Å². The monoisotopic (exact) mass is 406 g/mol. The second kappa shape index (κ2) is 7.22. The summed E-state index contributed by atoms with van der Waals surface area (Å²) in [5, 5.41) is 3.11. The van der Waals surface area contributed by atoms with Gasteiger partial charge in [-0.05, 0) is 43.7 Å². The molecule has 0 saturated heterocycles. The minimum Gasteiger partial charge on any atom is -0.326 e. The van der Waals surface area contributed by atoms with E-state index in [1.54, 1.807) is 0 Å². The first-order chi connectivity index (χ1) is 12.7. The number of carbonyl (C=O) groups excluding carboxylic acids is 1. The average molecular weight is 406 g/mol. The highest BCUT2D eigenvalue weighted by molar-refractivity contribution is 7.89. The molecule has 2 aromatic heterocycles. The van der Waals surface area contributed by atoms with Crippen LogP contribution in [0.3, 0.4) is 0 Å². The van der Waals surface area contributed by atoms with Crippen LogP contribution in [0, 0.1) is 13.8 Å². The standard InChI is InChI=1S/C17H18N4O4S2/c1-9-10(2)26-17-15(9)16(23)20-14(21-17)8-18-27(24,25)13-6-4-12(5-7-13)19-11(3)22/h4-7,18H,8H2,1-3H3,(H,19,22)(H,20,21,23). The molecular weight excluding hydrogens is 388 g/mol. The number of nitrogens with one attached hydrogen (secondary N) is 3. The molecule has 10 heteroatoms. The first-order valence-corrected chi connectivity index (χ1v) is 10.3. The van der Waals surface area contributed by atoms with E-state index in [0.29, 0.717) is 15.9 Å². The van der Waals surface area contributed by atoms with E-state index in [0.717, 1.165) is 10.4 Å². The number of hydrogen-bond acceptors (Lipinski definition) is 6. The van der Waals surface area contributed by atoms with E-state index in [9.17, 15) is 18.0 Å². The van der Waals surface area contributed by atoms with Gasteiger partial charge >= 0.3 is 0 Å². The number of aromatic nitrogens is 2. The Balaban J connectivity index is 1.80. The van der Waals surface area contributed by atoms with Crippen molar-refractivity contribution in [2.24, 2.45) is 0 Å². The zero-order valence-corrected chi connectivity index (χ0v) is 16.5. The molecular formula is C17H18N4O4S2. The van der Waals surface area contributed by atoms with Gasteiger partial charge in [0.15, 0.2) is 0 Å². The molecule has 1 aromatic carbocycles. The second-order valence-corrected chi connectivity index (χ2v) is 8.98. The summed E-state index contributed by atoms with van der Waals surface area (Å²) < 4.78 is 27.3. The van der Waals surface area contributed by atoms with E-state index in [1.165, 1.54) is 42.5 Å². The van der Waals surface area contributed by atoms with Crippen molar-refractivity contribution in [1.29, 1.82) is 0 Å². The molecule has 8 nitrogen and oxygen atoms in total. The summed E-state index contributed by atoms with van der Waals surface area (Å²) in [6.07, 6.45) is 0. The van der Waals surface area contributed by atoms with Gasteiger partial charge in [-0.15, -0.1) is 11.3 Å². The molecule has 3 N–H and O–H groups in total. The van der Waals surface area contributed by atoms with Crippen molar-refractivity contribution in [3.8, 4) is 0 Å². The first-order valence-electron chi connectivity index (χ1n) is 8.03. The largest absolute Gasteiger partial charge is 0.326 e. The lowest BCUT2D eigenvalue weighted by atomic mass is 10.2. The highest BCUT2D eigenvalue weighted by Crippen LogP contribution is 2.25. The summed E-state index contributed by atoms with van der Waals surface area (Å²) in [6.45, 7) is 5.00. The van der Waals surface area contributed by atoms with Crippen LogP contribution in [0.25, 0.3) is 10.2 Å². The maximum Gasteiger partial charge on any atom is 0.259 e. The van der Waals surface area contributed by atoms with E-state index in [1.807, 2.05) is 13.8 Å². The van der Waals surface area contributed by atoms with Crippen molar-refractivity contribution in [3.63, 3.8) is 0 Å². The Hall–Kier alpha value is -2.56. The van der Waals surface area contributed by atoms with Crippen molar-refractivity contribution in [3.05, 3.63) is 50.9 Å². The van der Waals surface area contributed by atoms with E-state index in [2.05, 4.69) is 20.0 Å². The number of anilines is 1. The van der Waals surface area contributed by atoms with Crippen LogP contribution in [0.15, 0.2) is 34.0 Å². The van der Waals surface area contributed by atoms with E-state index in [4.69, 9.17) is 0 Å². The Morgan fingerprint density at radius 2 is 1.89 bits per heavy atom. The van der Waals surface area contributed by atoms with Crippen LogP contribution in [0.5, 0.6) is 0 Å². The van der Waals surface area contributed by atoms with Gasteiger partial charge in [-0.25, -0.2) is 18.1 Å². The fraction of sp³-hybridized carbons (Fsp3) is 0.235. The maximum atomic E-state index is 12.4. The van der Waals surface area contributed by atoms with Gasteiger partial charge in [-0.1, -0.05) is 0 Å². The molecule has 0 saturated carbocycles. The van der Waals surface area contributed by atoms with E-state index >= 15 is 0 Å². The van der Waals surface area contributed by atoms with Gasteiger partial charge in [0.05, 0.1) is 16.8 Å². The predicted octanol–water partition coefficient (Wildman–Crippen LogP) is 2.04. The summed E-state index contributed by atoms with van der Waals surface area (Å²) in [5.41, 5.74) is 1.10. The Bertz CT molecular complexity index is 1180. The lowest BCUT2D eigenvalue weighted by Gasteiger charge is -2.08. The Morgan fingerprint density at radius 1 is 1.22 bits per heavy atom. The number of benzene rings is 1. The van der Waals surface area contributed by atoms with Gasteiger partial charge in [0.25, 0.3) is 5.56 Å². The highest BCUT2D eigenvalue weighted by atomic mass is 32.2. The van der Waals surface area contributed by atoms with Gasteiger partial charge in [0, 0.05) is 17.5 Å². The number of sulfonamides is 1. The van der Waals surface area contributed by atoms with Crippen LogP contribution in [0.1, 0.15) is 23.2 Å². The third-order valence-corrected chi connectivity index (χ3v) is 6.52. The number of amides is 1. The zero-order chi connectivity index (χ0) is 19.8. The predicted molar refractivity (Wildman–Crippen MR) is 104 cm³/mol. The number of hydrogen-bond donors (Lipinski definition) is 3. The number of carbonyl (C=O) groups is 1. The number of thiophene rings is 1. The number of rotatable bonds is 5. The maximum absolute atomic E-state index is 12.4. The number of H-pyrrole nitrogens is 1. The summed E-state index contributed by atoms with van der Waals surface area (Å²) in [7, 11) is -3.79. The third kappa shape index (κ3) is 4.07. The third-order valence-electron chi connectivity index (χ3n) is 4.00. The fourth-order valence-corrected chi connectivity index (χ4v) is 4.59. The van der Waals surface area contributed by atoms with Gasteiger partial charge in [-0.3, -0.25) is 9.59 Å². The summed E-state index contributed by atoms with van der Waals surface area (Å²) in [4.78, 5) is 31.9. The molecule has 0 atom stereocenters. The summed E-state index contributed by atoms with van der Waals surface area (Å²) >= 11 is 1.40. The van der Waals surface area contributed by atoms with Crippen LogP contribution >= 0.6 is 11.3 Å². The van der Waals surface area contributed by atoms with Gasteiger partial charge < -0.3 is 10.3 Å². The normalized spacial score (nSPS) is 11.7. The summed E-state index contributed by atoms with van der Waals surface area (Å²) in [5.74, 6) is 0.000366. The molecule has 0 radical (unpaired) electrons. The summed E-state index contributed by atoms with van der Waals surface area (Å²) in [6, 6.07) is 5.77. The van der Waals surface area contributed by atoms with Gasteiger partial charge in [0.2, 0.25) is 15.9 Å². The van der Waals surface area contributed by atoms with Crippen LogP contribution < -0.4 is 15.6 Å². The van der Waals surface area contributed by atoms with Crippen molar-refractivity contribution in [2.75, 3.05) is 5.32 Å². The van der Waals surface area contributed by atoms with E-state index in [-0.39, 0.29) is 28.7 Å². The minimum absolute atomic E-state index is 0.0443. The molecule has 0 unspecified atom stereocenters. The Labute approximate surface area is 159 Å². The van der Waals surface area contributed by atoms with Crippen LogP contribution in [-0.4, -0.2) is 24.3 Å². The van der Waals surface area contributed by atoms with Crippen molar-refractivity contribution in [2.45, 2.75) is 32.2 Å². The van der Waals surface area contributed by atoms with Gasteiger partial charge in [0.1, 0.15) is 10.7 Å². The SMILES string of the molecule is CC(=O)Nc1ccc(S(=O)(=O)NCc2nc3sc(C)c(C)c3c(=O)[nH]2)cc1. The molecule has 3 rings (SSSR count). The molecule has 0 aliphatic rings. The molecule has 0 fully saturated rings. The number of aryl methyl sites for hydroxylation is 2. The lowest BCUT2D eigenvalue weighted by molar-refractivity contribution is -0.114. The Morgan fingerprint density at radius 3 is 2.52 bits per heavy atom.